The SMILES string of the molecule is CCCNC1(C(N)=O)CCCC(N(C)C(C)C2CC2)C1. The molecule has 2 aliphatic carbocycles. The highest BCUT2D eigenvalue weighted by Crippen LogP contribution is 2.38. The molecule has 3 N–H and O–H groups in total. The molecule has 4 heteroatoms. The molecule has 4 nitrogen and oxygen atoms in total. The third-order valence-corrected chi connectivity index (χ3v) is 5.43. The second kappa shape index (κ2) is 6.44. The van der Waals surface area contributed by atoms with Crippen LogP contribution in [-0.2, 0) is 4.79 Å². The van der Waals surface area contributed by atoms with E-state index in [9.17, 15) is 4.79 Å². The number of primary amides is 1. The molecule has 3 atom stereocenters. The van der Waals surface area contributed by atoms with Gasteiger partial charge in [-0.25, -0.2) is 0 Å². The zero-order valence-corrected chi connectivity index (χ0v) is 13.3. The summed E-state index contributed by atoms with van der Waals surface area (Å²) < 4.78 is 0. The Hall–Kier alpha value is -0.610. The lowest BCUT2D eigenvalue weighted by Crippen LogP contribution is -2.61. The highest BCUT2D eigenvalue weighted by Gasteiger charge is 2.43. The van der Waals surface area contributed by atoms with Crippen molar-refractivity contribution in [3.8, 4) is 0 Å². The van der Waals surface area contributed by atoms with E-state index in [1.54, 1.807) is 0 Å². The molecular weight excluding hydrogens is 250 g/mol. The fraction of sp³-hybridized carbons (Fsp3) is 0.938. The Labute approximate surface area is 123 Å². The molecule has 0 aromatic carbocycles. The van der Waals surface area contributed by atoms with Gasteiger partial charge in [0, 0.05) is 12.1 Å². The predicted molar refractivity (Wildman–Crippen MR) is 82.4 cm³/mol. The van der Waals surface area contributed by atoms with E-state index < -0.39 is 5.54 Å². The summed E-state index contributed by atoms with van der Waals surface area (Å²) in [7, 11) is 2.23. The molecule has 20 heavy (non-hydrogen) atoms. The molecule has 2 rings (SSSR count). The summed E-state index contributed by atoms with van der Waals surface area (Å²) in [6, 6.07) is 1.12. The maximum absolute atomic E-state index is 12.0. The van der Waals surface area contributed by atoms with Crippen molar-refractivity contribution in [1.82, 2.24) is 10.2 Å². The lowest BCUT2D eigenvalue weighted by molar-refractivity contribution is -0.126. The fourth-order valence-electron chi connectivity index (χ4n) is 3.67. The summed E-state index contributed by atoms with van der Waals surface area (Å²) in [5.41, 5.74) is 5.26. The first-order valence-corrected chi connectivity index (χ1v) is 8.27. The Balaban J connectivity index is 2.02. The monoisotopic (exact) mass is 281 g/mol. The zero-order valence-electron chi connectivity index (χ0n) is 13.3. The normalized spacial score (nSPS) is 32.3. The van der Waals surface area contributed by atoms with E-state index in [-0.39, 0.29) is 5.91 Å². The Morgan fingerprint density at radius 3 is 2.70 bits per heavy atom. The molecular formula is C16H31N3O. The molecule has 3 unspecified atom stereocenters. The van der Waals surface area contributed by atoms with Gasteiger partial charge in [0.25, 0.3) is 0 Å². The van der Waals surface area contributed by atoms with Gasteiger partial charge in [-0.3, -0.25) is 4.79 Å². The predicted octanol–water partition coefficient (Wildman–Crippen LogP) is 1.88. The number of nitrogens with one attached hydrogen (secondary N) is 1. The van der Waals surface area contributed by atoms with Gasteiger partial charge in [-0.2, -0.15) is 0 Å². The second-order valence-electron chi connectivity index (χ2n) is 6.87. The Kier molecular flexibility index (Phi) is 5.08. The number of carbonyl (C=O) groups is 1. The highest BCUT2D eigenvalue weighted by molar-refractivity contribution is 5.84. The molecule has 2 saturated carbocycles. The van der Waals surface area contributed by atoms with Crippen LogP contribution in [0.2, 0.25) is 0 Å². The first-order chi connectivity index (χ1) is 9.50. The van der Waals surface area contributed by atoms with Crippen molar-refractivity contribution in [3.63, 3.8) is 0 Å². The van der Waals surface area contributed by atoms with E-state index in [0.717, 1.165) is 38.1 Å². The van der Waals surface area contributed by atoms with Crippen molar-refractivity contribution >= 4 is 5.91 Å². The van der Waals surface area contributed by atoms with E-state index >= 15 is 0 Å². The molecule has 0 radical (unpaired) electrons. The summed E-state index contributed by atoms with van der Waals surface area (Å²) >= 11 is 0. The zero-order chi connectivity index (χ0) is 14.8. The number of amides is 1. The van der Waals surface area contributed by atoms with Gasteiger partial charge in [0.15, 0.2) is 0 Å². The summed E-state index contributed by atoms with van der Waals surface area (Å²) in [6.45, 7) is 5.33. The van der Waals surface area contributed by atoms with E-state index in [4.69, 9.17) is 5.73 Å². The molecule has 0 heterocycles. The average Bonchev–Trinajstić information content (AvgIpc) is 3.28. The van der Waals surface area contributed by atoms with E-state index in [2.05, 4.69) is 31.1 Å². The molecule has 0 spiro atoms. The maximum Gasteiger partial charge on any atom is 0.237 e. The van der Waals surface area contributed by atoms with Crippen LogP contribution in [0.1, 0.15) is 58.8 Å². The van der Waals surface area contributed by atoms with Gasteiger partial charge < -0.3 is 16.0 Å². The summed E-state index contributed by atoms with van der Waals surface area (Å²) in [5.74, 6) is 0.705. The van der Waals surface area contributed by atoms with Gasteiger partial charge in [0.2, 0.25) is 5.91 Å². The lowest BCUT2D eigenvalue weighted by atomic mass is 9.77. The van der Waals surface area contributed by atoms with Crippen molar-refractivity contribution in [3.05, 3.63) is 0 Å². The first-order valence-electron chi connectivity index (χ1n) is 8.27. The fourth-order valence-corrected chi connectivity index (χ4v) is 3.67. The van der Waals surface area contributed by atoms with Crippen LogP contribution in [0.15, 0.2) is 0 Å². The maximum atomic E-state index is 12.0. The molecule has 2 aliphatic rings. The van der Waals surface area contributed by atoms with Gasteiger partial charge in [0.1, 0.15) is 0 Å². The van der Waals surface area contributed by atoms with Crippen molar-refractivity contribution in [2.45, 2.75) is 76.4 Å². The van der Waals surface area contributed by atoms with Crippen LogP contribution in [0.4, 0.5) is 0 Å². The quantitative estimate of drug-likeness (QED) is 0.749. The standard InChI is InChI=1S/C16H31N3O/c1-4-10-18-16(15(17)20)9-5-6-14(11-16)19(3)12(2)13-7-8-13/h12-14,18H,4-11H2,1-3H3,(H2,17,20). The second-order valence-corrected chi connectivity index (χ2v) is 6.87. The lowest BCUT2D eigenvalue weighted by Gasteiger charge is -2.44. The minimum atomic E-state index is -0.476. The van der Waals surface area contributed by atoms with Gasteiger partial charge in [-0.1, -0.05) is 6.92 Å². The number of nitrogens with zero attached hydrogens (tertiary/aromatic N) is 1. The molecule has 1 amide bonds. The Morgan fingerprint density at radius 1 is 1.45 bits per heavy atom. The highest BCUT2D eigenvalue weighted by atomic mass is 16.1. The van der Waals surface area contributed by atoms with Crippen molar-refractivity contribution in [2.75, 3.05) is 13.6 Å². The van der Waals surface area contributed by atoms with Gasteiger partial charge in [-0.15, -0.1) is 0 Å². The smallest absolute Gasteiger partial charge is 0.237 e. The van der Waals surface area contributed by atoms with Crippen LogP contribution in [0, 0.1) is 5.92 Å². The molecule has 0 saturated heterocycles. The number of nitrogens with two attached hydrogens (primary N) is 1. The van der Waals surface area contributed by atoms with E-state index in [0.29, 0.717) is 12.1 Å². The van der Waals surface area contributed by atoms with Crippen LogP contribution in [-0.4, -0.2) is 42.0 Å². The Bertz CT molecular complexity index is 343. The summed E-state index contributed by atoms with van der Waals surface area (Å²) in [4.78, 5) is 14.5. The third-order valence-electron chi connectivity index (χ3n) is 5.43. The number of hydrogen-bond donors (Lipinski definition) is 2. The van der Waals surface area contributed by atoms with Crippen LogP contribution in [0.5, 0.6) is 0 Å². The van der Waals surface area contributed by atoms with Gasteiger partial charge >= 0.3 is 0 Å². The molecule has 0 aromatic rings. The molecule has 116 valence electrons. The van der Waals surface area contributed by atoms with E-state index in [1.165, 1.54) is 19.3 Å². The molecule has 0 aliphatic heterocycles. The van der Waals surface area contributed by atoms with Gasteiger partial charge in [0.05, 0.1) is 5.54 Å². The molecule has 2 fully saturated rings. The van der Waals surface area contributed by atoms with Gasteiger partial charge in [-0.05, 0) is 71.4 Å². The van der Waals surface area contributed by atoms with Crippen LogP contribution in [0.3, 0.4) is 0 Å². The molecule has 0 aromatic heterocycles. The number of rotatable bonds is 7. The Morgan fingerprint density at radius 2 is 2.15 bits per heavy atom. The van der Waals surface area contributed by atoms with E-state index in [1.807, 2.05) is 0 Å². The summed E-state index contributed by atoms with van der Waals surface area (Å²) in [6.07, 6.45) is 7.82. The summed E-state index contributed by atoms with van der Waals surface area (Å²) in [5, 5.41) is 3.45. The average molecular weight is 281 g/mol. The number of carbonyl (C=O) groups excluding carboxylic acids is 1. The third kappa shape index (κ3) is 3.34. The first kappa shape index (κ1) is 15.8. The van der Waals surface area contributed by atoms with Crippen molar-refractivity contribution < 1.29 is 4.79 Å². The molecule has 0 bridgehead atoms. The van der Waals surface area contributed by atoms with Crippen LogP contribution in [0.25, 0.3) is 0 Å². The minimum absolute atomic E-state index is 0.164. The van der Waals surface area contributed by atoms with Crippen LogP contribution >= 0.6 is 0 Å². The van der Waals surface area contributed by atoms with Crippen molar-refractivity contribution in [1.29, 1.82) is 0 Å². The largest absolute Gasteiger partial charge is 0.368 e. The van der Waals surface area contributed by atoms with Crippen molar-refractivity contribution in [2.24, 2.45) is 11.7 Å². The number of hydrogen-bond acceptors (Lipinski definition) is 3. The minimum Gasteiger partial charge on any atom is -0.368 e. The topological polar surface area (TPSA) is 58.4 Å². The van der Waals surface area contributed by atoms with Crippen LogP contribution < -0.4 is 11.1 Å².